The Morgan fingerprint density at radius 2 is 2.00 bits per heavy atom. The smallest absolute Gasteiger partial charge is 0.0610 e. The fourth-order valence-corrected chi connectivity index (χ4v) is 4.72. The molecule has 1 unspecified atom stereocenters. The predicted octanol–water partition coefficient (Wildman–Crippen LogP) is 6.70. The van der Waals surface area contributed by atoms with E-state index in [0.29, 0.717) is 11.5 Å². The van der Waals surface area contributed by atoms with E-state index in [-0.39, 0.29) is 0 Å². The minimum absolute atomic E-state index is 0.327. The highest BCUT2D eigenvalue weighted by atomic mass is 79.9. The molecular formula is C22H24BrClN2. The van der Waals surface area contributed by atoms with Crippen LogP contribution in [0.4, 0.5) is 0 Å². The Labute approximate surface area is 168 Å². The first-order valence-corrected chi connectivity index (χ1v) is 10.3. The van der Waals surface area contributed by atoms with Gasteiger partial charge in [-0.25, -0.2) is 0 Å². The first-order valence-electron chi connectivity index (χ1n) is 9.13. The second kappa shape index (κ2) is 6.70. The topological polar surface area (TPSA) is 27.8 Å². The van der Waals surface area contributed by atoms with Gasteiger partial charge in [0.15, 0.2) is 0 Å². The third-order valence-corrected chi connectivity index (χ3v) is 6.00. The van der Waals surface area contributed by atoms with Crippen LogP contribution in [0.2, 0.25) is 5.02 Å². The number of aromatic amines is 1. The van der Waals surface area contributed by atoms with E-state index in [1.165, 1.54) is 34.1 Å². The Hall–Kier alpha value is -1.29. The van der Waals surface area contributed by atoms with Gasteiger partial charge in [-0.15, -0.1) is 0 Å². The molecule has 0 aliphatic carbocycles. The normalized spacial score (nSPS) is 17.5. The van der Waals surface area contributed by atoms with Crippen LogP contribution in [0, 0.1) is 5.41 Å². The largest absolute Gasteiger partial charge is 0.357 e. The highest BCUT2D eigenvalue weighted by Gasteiger charge is 2.27. The molecule has 4 heteroatoms. The van der Waals surface area contributed by atoms with Crippen LogP contribution in [-0.4, -0.2) is 11.0 Å². The van der Waals surface area contributed by atoms with Gasteiger partial charge in [0.1, 0.15) is 0 Å². The summed E-state index contributed by atoms with van der Waals surface area (Å²) < 4.78 is 1.11. The number of rotatable bonds is 2. The number of benzene rings is 2. The van der Waals surface area contributed by atoms with Crippen molar-refractivity contribution in [1.29, 1.82) is 0 Å². The molecule has 26 heavy (non-hydrogen) atoms. The lowest BCUT2D eigenvalue weighted by Gasteiger charge is -2.30. The summed E-state index contributed by atoms with van der Waals surface area (Å²) in [5, 5.41) is 5.83. The summed E-state index contributed by atoms with van der Waals surface area (Å²) >= 11 is 9.98. The number of nitrogens with one attached hydrogen (secondary N) is 2. The van der Waals surface area contributed by atoms with Gasteiger partial charge in [-0.1, -0.05) is 50.6 Å². The number of H-pyrrole nitrogens is 1. The molecule has 0 saturated carbocycles. The molecule has 1 atom stereocenters. The van der Waals surface area contributed by atoms with E-state index in [1.807, 2.05) is 18.2 Å². The quantitative estimate of drug-likeness (QED) is 0.464. The molecule has 4 rings (SSSR count). The van der Waals surface area contributed by atoms with E-state index in [4.69, 9.17) is 11.6 Å². The van der Waals surface area contributed by atoms with Crippen LogP contribution in [0.25, 0.3) is 22.0 Å². The summed E-state index contributed by atoms with van der Waals surface area (Å²) in [6.45, 7) is 7.83. The van der Waals surface area contributed by atoms with Gasteiger partial charge in [0.2, 0.25) is 0 Å². The Balaban J connectivity index is 1.82. The van der Waals surface area contributed by atoms with Gasteiger partial charge in [-0.05, 0) is 62.7 Å². The number of fused-ring (bicyclic) bond motifs is 3. The van der Waals surface area contributed by atoms with Gasteiger partial charge < -0.3 is 10.3 Å². The van der Waals surface area contributed by atoms with Crippen molar-refractivity contribution in [1.82, 2.24) is 10.3 Å². The molecule has 0 spiro atoms. The highest BCUT2D eigenvalue weighted by Crippen LogP contribution is 2.39. The van der Waals surface area contributed by atoms with Gasteiger partial charge >= 0.3 is 0 Å². The fraction of sp³-hybridized carbons (Fsp3) is 0.364. The fourth-order valence-electron chi connectivity index (χ4n) is 4.10. The molecule has 0 amide bonds. The molecule has 2 heterocycles. The number of hydrogen-bond acceptors (Lipinski definition) is 1. The molecule has 2 nitrogen and oxygen atoms in total. The Morgan fingerprint density at radius 3 is 2.73 bits per heavy atom. The zero-order valence-corrected chi connectivity index (χ0v) is 17.8. The van der Waals surface area contributed by atoms with Crippen LogP contribution in [0.5, 0.6) is 0 Å². The second-order valence-corrected chi connectivity index (χ2v) is 9.77. The molecule has 0 fully saturated rings. The van der Waals surface area contributed by atoms with E-state index >= 15 is 0 Å². The molecule has 1 aromatic heterocycles. The summed E-state index contributed by atoms with van der Waals surface area (Å²) in [6, 6.07) is 12.9. The molecule has 0 saturated heterocycles. The Morgan fingerprint density at radius 1 is 1.19 bits per heavy atom. The lowest BCUT2D eigenvalue weighted by molar-refractivity contribution is 0.297. The maximum atomic E-state index is 6.25. The first-order chi connectivity index (χ1) is 12.3. The van der Waals surface area contributed by atoms with Crippen LogP contribution in [-0.2, 0) is 13.0 Å². The van der Waals surface area contributed by atoms with Crippen molar-refractivity contribution in [3.8, 4) is 11.1 Å². The SMILES string of the molecule is CC(C)(C)CC1Cc2[nH]c3c(Br)ccc(-c4cccc(Cl)c4)c3c2CN1. The van der Waals surface area contributed by atoms with E-state index < -0.39 is 0 Å². The lowest BCUT2D eigenvalue weighted by atomic mass is 9.84. The summed E-state index contributed by atoms with van der Waals surface area (Å²) in [6.07, 6.45) is 2.22. The number of halogens is 2. The van der Waals surface area contributed by atoms with Crippen molar-refractivity contribution < 1.29 is 0 Å². The average molecular weight is 432 g/mol. The summed E-state index contributed by atoms with van der Waals surface area (Å²) in [5.41, 5.74) is 6.66. The number of aromatic nitrogens is 1. The van der Waals surface area contributed by atoms with Crippen LogP contribution < -0.4 is 5.32 Å². The zero-order valence-electron chi connectivity index (χ0n) is 15.4. The standard InChI is InChI=1S/C22H24BrClN2/c1-22(2,3)11-15-10-19-17(12-25-15)20-16(7-8-18(23)21(20)26-19)13-5-4-6-14(24)9-13/h4-9,15,25-26H,10-12H2,1-3H3. The van der Waals surface area contributed by atoms with Gasteiger partial charge in [0, 0.05) is 39.6 Å². The third-order valence-electron chi connectivity index (χ3n) is 5.11. The molecule has 2 N–H and O–H groups in total. The summed E-state index contributed by atoms with van der Waals surface area (Å²) in [5.74, 6) is 0. The van der Waals surface area contributed by atoms with E-state index in [2.05, 4.69) is 65.2 Å². The molecule has 1 aliphatic heterocycles. The van der Waals surface area contributed by atoms with Crippen molar-refractivity contribution in [2.45, 2.75) is 46.2 Å². The lowest BCUT2D eigenvalue weighted by Crippen LogP contribution is -2.38. The van der Waals surface area contributed by atoms with Gasteiger partial charge in [0.25, 0.3) is 0 Å². The molecule has 0 radical (unpaired) electrons. The summed E-state index contributed by atoms with van der Waals surface area (Å²) in [4.78, 5) is 3.70. The Kier molecular flexibility index (Phi) is 4.66. The molecule has 0 bridgehead atoms. The van der Waals surface area contributed by atoms with Gasteiger partial charge in [-0.2, -0.15) is 0 Å². The third kappa shape index (κ3) is 3.45. The van der Waals surface area contributed by atoms with Gasteiger partial charge in [0.05, 0.1) is 5.52 Å². The molecular weight excluding hydrogens is 408 g/mol. The molecule has 1 aliphatic rings. The van der Waals surface area contributed by atoms with Crippen molar-refractivity contribution in [2.24, 2.45) is 5.41 Å². The van der Waals surface area contributed by atoms with E-state index in [1.54, 1.807) is 0 Å². The van der Waals surface area contributed by atoms with Crippen LogP contribution in [0.1, 0.15) is 38.4 Å². The zero-order chi connectivity index (χ0) is 18.5. The van der Waals surface area contributed by atoms with Crippen molar-refractivity contribution >= 4 is 38.4 Å². The highest BCUT2D eigenvalue weighted by molar-refractivity contribution is 9.10. The summed E-state index contributed by atoms with van der Waals surface area (Å²) in [7, 11) is 0. The maximum absolute atomic E-state index is 6.25. The van der Waals surface area contributed by atoms with Crippen molar-refractivity contribution in [2.75, 3.05) is 0 Å². The minimum Gasteiger partial charge on any atom is -0.357 e. The van der Waals surface area contributed by atoms with Crippen molar-refractivity contribution in [3.05, 3.63) is 57.2 Å². The predicted molar refractivity (Wildman–Crippen MR) is 115 cm³/mol. The molecule has 136 valence electrons. The molecule has 2 aromatic carbocycles. The van der Waals surface area contributed by atoms with Crippen LogP contribution >= 0.6 is 27.5 Å². The number of hydrogen-bond donors (Lipinski definition) is 2. The molecule has 3 aromatic rings. The first kappa shape index (κ1) is 18.1. The Bertz CT molecular complexity index is 968. The van der Waals surface area contributed by atoms with Crippen LogP contribution in [0.3, 0.4) is 0 Å². The second-order valence-electron chi connectivity index (χ2n) is 8.48. The average Bonchev–Trinajstić information content (AvgIpc) is 2.93. The van der Waals surface area contributed by atoms with E-state index in [0.717, 1.165) is 28.0 Å². The minimum atomic E-state index is 0.327. The monoisotopic (exact) mass is 430 g/mol. The van der Waals surface area contributed by atoms with Crippen LogP contribution in [0.15, 0.2) is 40.9 Å². The van der Waals surface area contributed by atoms with E-state index in [9.17, 15) is 0 Å². The maximum Gasteiger partial charge on any atom is 0.0610 e. The van der Waals surface area contributed by atoms with Crippen molar-refractivity contribution in [3.63, 3.8) is 0 Å². The van der Waals surface area contributed by atoms with Gasteiger partial charge in [-0.3, -0.25) is 0 Å².